The maximum Gasteiger partial charge on any atom is 0.573 e. The van der Waals surface area contributed by atoms with Crippen LogP contribution in [0.5, 0.6) is 17.2 Å². The van der Waals surface area contributed by atoms with Crippen LogP contribution in [0.1, 0.15) is 5.82 Å². The van der Waals surface area contributed by atoms with Crippen molar-refractivity contribution in [1.82, 2.24) is 15.0 Å². The van der Waals surface area contributed by atoms with Gasteiger partial charge in [0.1, 0.15) is 28.9 Å². The summed E-state index contributed by atoms with van der Waals surface area (Å²) in [5.74, 6) is 2.34. The van der Waals surface area contributed by atoms with E-state index in [2.05, 4.69) is 25.0 Å². The lowest BCUT2D eigenvalue weighted by Gasteiger charge is -2.11. The number of benzene rings is 3. The third-order valence-electron chi connectivity index (χ3n) is 5.40. The van der Waals surface area contributed by atoms with Gasteiger partial charge in [0.05, 0.1) is 5.69 Å². The first-order valence-electron chi connectivity index (χ1n) is 11.6. The minimum Gasteiger partial charge on any atom is -0.457 e. The van der Waals surface area contributed by atoms with Crippen LogP contribution < -0.4 is 14.8 Å². The van der Waals surface area contributed by atoms with Crippen LogP contribution in [-0.4, -0.2) is 21.3 Å². The molecule has 0 aliphatic carbocycles. The first-order chi connectivity index (χ1) is 18.3. The topological polar surface area (TPSA) is 69.2 Å². The second kappa shape index (κ2) is 10.6. The standard InChI is InChI=1S/C29H21F3N4O2/c1-19-34-27(22-15-21(17-33-18-22)20-7-11-26(12-8-20)38-29(30,31)32)16-28(35-19)36-23-9-13-25(14-10-23)37-24-5-3-2-4-6-24/h2-18H,1H3,(H,34,35,36). The molecule has 0 saturated carbocycles. The van der Waals surface area contributed by atoms with Gasteiger partial charge in [0.2, 0.25) is 0 Å². The summed E-state index contributed by atoms with van der Waals surface area (Å²) in [6.45, 7) is 1.79. The molecule has 9 heteroatoms. The van der Waals surface area contributed by atoms with Crippen molar-refractivity contribution in [3.8, 4) is 39.6 Å². The summed E-state index contributed by atoms with van der Waals surface area (Å²) >= 11 is 0. The van der Waals surface area contributed by atoms with E-state index in [1.54, 1.807) is 31.5 Å². The third-order valence-corrected chi connectivity index (χ3v) is 5.40. The molecule has 0 aliphatic rings. The molecule has 0 radical (unpaired) electrons. The largest absolute Gasteiger partial charge is 0.573 e. The van der Waals surface area contributed by atoms with Crippen molar-refractivity contribution in [2.45, 2.75) is 13.3 Å². The number of nitrogens with zero attached hydrogens (tertiary/aromatic N) is 3. The summed E-state index contributed by atoms with van der Waals surface area (Å²) in [6, 6.07) is 26.3. The molecular weight excluding hydrogens is 493 g/mol. The Morgan fingerprint density at radius 3 is 2.05 bits per heavy atom. The number of rotatable bonds is 7. The molecule has 5 aromatic rings. The maximum absolute atomic E-state index is 12.5. The first-order valence-corrected chi connectivity index (χ1v) is 11.6. The van der Waals surface area contributed by atoms with Crippen LogP contribution in [0, 0.1) is 6.92 Å². The second-order valence-corrected chi connectivity index (χ2v) is 8.28. The number of nitrogens with one attached hydrogen (secondary N) is 1. The molecule has 0 fully saturated rings. The number of aryl methyl sites for hydroxylation is 1. The van der Waals surface area contributed by atoms with Gasteiger partial charge in [-0.05, 0) is 67.1 Å². The number of hydrogen-bond acceptors (Lipinski definition) is 6. The van der Waals surface area contributed by atoms with E-state index in [0.29, 0.717) is 28.6 Å². The Balaban J connectivity index is 1.33. The van der Waals surface area contributed by atoms with E-state index in [0.717, 1.165) is 22.6 Å². The van der Waals surface area contributed by atoms with Gasteiger partial charge in [0.15, 0.2) is 0 Å². The average molecular weight is 515 g/mol. The zero-order chi connectivity index (χ0) is 26.5. The molecule has 6 nitrogen and oxygen atoms in total. The lowest BCUT2D eigenvalue weighted by molar-refractivity contribution is -0.274. The summed E-state index contributed by atoms with van der Waals surface area (Å²) in [4.78, 5) is 13.3. The SMILES string of the molecule is Cc1nc(Nc2ccc(Oc3ccccc3)cc2)cc(-c2cncc(-c3ccc(OC(F)(F)F)cc3)c2)n1. The van der Waals surface area contributed by atoms with Crippen molar-refractivity contribution in [2.24, 2.45) is 0 Å². The van der Waals surface area contributed by atoms with E-state index in [1.807, 2.05) is 66.7 Å². The Kier molecular flexibility index (Phi) is 6.90. The fraction of sp³-hybridized carbons (Fsp3) is 0.0690. The number of halogens is 3. The summed E-state index contributed by atoms with van der Waals surface area (Å²) in [5, 5.41) is 3.28. The molecular formula is C29H21F3N4O2. The second-order valence-electron chi connectivity index (χ2n) is 8.28. The zero-order valence-corrected chi connectivity index (χ0v) is 20.1. The van der Waals surface area contributed by atoms with Crippen LogP contribution in [-0.2, 0) is 0 Å². The monoisotopic (exact) mass is 514 g/mol. The number of pyridine rings is 1. The number of aromatic nitrogens is 3. The van der Waals surface area contributed by atoms with Gasteiger partial charge in [-0.25, -0.2) is 9.97 Å². The van der Waals surface area contributed by atoms with Crippen LogP contribution in [0.15, 0.2) is 103 Å². The van der Waals surface area contributed by atoms with Crippen LogP contribution >= 0.6 is 0 Å². The van der Waals surface area contributed by atoms with Gasteiger partial charge < -0.3 is 14.8 Å². The van der Waals surface area contributed by atoms with E-state index in [9.17, 15) is 13.2 Å². The molecule has 0 amide bonds. The van der Waals surface area contributed by atoms with E-state index in [-0.39, 0.29) is 5.75 Å². The minimum atomic E-state index is -4.74. The van der Waals surface area contributed by atoms with Crippen molar-refractivity contribution in [1.29, 1.82) is 0 Å². The van der Waals surface area contributed by atoms with E-state index < -0.39 is 6.36 Å². The lowest BCUT2D eigenvalue weighted by atomic mass is 10.0. The number of anilines is 2. The Bertz CT molecular complexity index is 1530. The van der Waals surface area contributed by atoms with Crippen molar-refractivity contribution >= 4 is 11.5 Å². The van der Waals surface area contributed by atoms with E-state index >= 15 is 0 Å². The minimum absolute atomic E-state index is 0.285. The maximum atomic E-state index is 12.5. The number of hydrogen-bond donors (Lipinski definition) is 1. The summed E-state index contributed by atoms with van der Waals surface area (Å²) in [6.07, 6.45) is -1.43. The van der Waals surface area contributed by atoms with Gasteiger partial charge in [0.25, 0.3) is 0 Å². The molecule has 0 saturated heterocycles. The van der Waals surface area contributed by atoms with Crippen LogP contribution in [0.2, 0.25) is 0 Å². The molecule has 0 bridgehead atoms. The Labute approximate surface area is 216 Å². The van der Waals surface area contributed by atoms with Gasteiger partial charge >= 0.3 is 6.36 Å². The Morgan fingerprint density at radius 1 is 0.684 bits per heavy atom. The first kappa shape index (κ1) is 24.8. The van der Waals surface area contributed by atoms with Crippen LogP contribution in [0.4, 0.5) is 24.7 Å². The third kappa shape index (κ3) is 6.44. The summed E-state index contributed by atoms with van der Waals surface area (Å²) in [5.41, 5.74) is 3.62. The van der Waals surface area contributed by atoms with Gasteiger partial charge in [-0.2, -0.15) is 0 Å². The van der Waals surface area contributed by atoms with E-state index in [4.69, 9.17) is 4.74 Å². The van der Waals surface area contributed by atoms with Crippen molar-refractivity contribution in [2.75, 3.05) is 5.32 Å². The van der Waals surface area contributed by atoms with Crippen molar-refractivity contribution in [3.63, 3.8) is 0 Å². The van der Waals surface area contributed by atoms with Gasteiger partial charge in [0, 0.05) is 35.3 Å². The highest BCUT2D eigenvalue weighted by Gasteiger charge is 2.31. The van der Waals surface area contributed by atoms with E-state index in [1.165, 1.54) is 12.1 Å². The molecule has 0 unspecified atom stereocenters. The van der Waals surface area contributed by atoms with Crippen LogP contribution in [0.3, 0.4) is 0 Å². The average Bonchev–Trinajstić information content (AvgIpc) is 2.90. The summed E-state index contributed by atoms with van der Waals surface area (Å²) < 4.78 is 47.1. The molecule has 0 atom stereocenters. The molecule has 1 N–H and O–H groups in total. The van der Waals surface area contributed by atoms with Crippen molar-refractivity contribution in [3.05, 3.63) is 109 Å². The van der Waals surface area contributed by atoms with Gasteiger partial charge in [-0.15, -0.1) is 13.2 Å². The highest BCUT2D eigenvalue weighted by Crippen LogP contribution is 2.30. The molecule has 2 heterocycles. The zero-order valence-electron chi connectivity index (χ0n) is 20.1. The van der Waals surface area contributed by atoms with Crippen molar-refractivity contribution < 1.29 is 22.6 Å². The summed E-state index contributed by atoms with van der Waals surface area (Å²) in [7, 11) is 0. The highest BCUT2D eigenvalue weighted by molar-refractivity contribution is 5.72. The molecule has 38 heavy (non-hydrogen) atoms. The predicted octanol–water partition coefficient (Wildman–Crippen LogP) is 7.95. The normalized spacial score (nSPS) is 11.2. The fourth-order valence-corrected chi connectivity index (χ4v) is 3.75. The van der Waals surface area contributed by atoms with Gasteiger partial charge in [-0.3, -0.25) is 4.98 Å². The van der Waals surface area contributed by atoms with Crippen LogP contribution in [0.25, 0.3) is 22.4 Å². The highest BCUT2D eigenvalue weighted by atomic mass is 19.4. The molecule has 0 spiro atoms. The smallest absolute Gasteiger partial charge is 0.457 e. The number of para-hydroxylation sites is 1. The molecule has 0 aliphatic heterocycles. The number of ether oxygens (including phenoxy) is 2. The molecule has 190 valence electrons. The molecule has 2 aromatic heterocycles. The number of alkyl halides is 3. The lowest BCUT2D eigenvalue weighted by Crippen LogP contribution is -2.16. The Hall–Kier alpha value is -4.92. The van der Waals surface area contributed by atoms with Gasteiger partial charge in [-0.1, -0.05) is 30.3 Å². The molecule has 3 aromatic carbocycles. The quantitative estimate of drug-likeness (QED) is 0.238. The fourth-order valence-electron chi connectivity index (χ4n) is 3.75. The predicted molar refractivity (Wildman–Crippen MR) is 138 cm³/mol. The Morgan fingerprint density at radius 2 is 1.34 bits per heavy atom. The molecule has 5 rings (SSSR count).